The van der Waals surface area contributed by atoms with Gasteiger partial charge in [0.1, 0.15) is 12.4 Å². The molecule has 0 saturated carbocycles. The number of rotatable bonds is 5. The molecule has 0 aliphatic heterocycles. The molecule has 6 heteroatoms. The third-order valence-electron chi connectivity index (χ3n) is 2.16. The number of carbonyl (C=O) groups excluding carboxylic acids is 1. The highest BCUT2D eigenvalue weighted by molar-refractivity contribution is 5.88. The van der Waals surface area contributed by atoms with Gasteiger partial charge in [-0.1, -0.05) is 18.7 Å². The third kappa shape index (κ3) is 4.31. The molecule has 0 saturated heterocycles. The molecule has 1 rings (SSSR count). The number of para-hydroxylation sites is 1. The summed E-state index contributed by atoms with van der Waals surface area (Å²) in [4.78, 5) is 11.2. The van der Waals surface area contributed by atoms with Gasteiger partial charge in [-0.3, -0.25) is 0 Å². The molecule has 0 aliphatic carbocycles. The van der Waals surface area contributed by atoms with Crippen LogP contribution in [0.3, 0.4) is 0 Å². The number of hydrogen-bond acceptors (Lipinski definition) is 3. The fraction of sp³-hybridized carbons (Fsp3) is 0.308. The minimum absolute atomic E-state index is 0.0428. The molecule has 0 heterocycles. The Kier molecular flexibility index (Phi) is 4.97. The Morgan fingerprint density at radius 3 is 2.53 bits per heavy atom. The van der Waals surface area contributed by atoms with Gasteiger partial charge in [-0.05, 0) is 19.1 Å². The molecule has 1 aromatic carbocycles. The lowest BCUT2D eigenvalue weighted by Gasteiger charge is -2.14. The minimum atomic E-state index is -4.51. The van der Waals surface area contributed by atoms with Gasteiger partial charge in [-0.2, -0.15) is 13.2 Å². The first-order chi connectivity index (χ1) is 8.86. The first-order valence-corrected chi connectivity index (χ1v) is 5.50. The molecule has 104 valence electrons. The number of carbonyl (C=O) groups is 1. The molecule has 0 spiro atoms. The average molecular weight is 274 g/mol. The lowest BCUT2D eigenvalue weighted by molar-refractivity contribution is -0.139. The van der Waals surface area contributed by atoms with E-state index in [-0.39, 0.29) is 24.5 Å². The molecule has 0 unspecified atom stereocenters. The Bertz CT molecular complexity index is 466. The predicted molar refractivity (Wildman–Crippen MR) is 62.7 cm³/mol. The van der Waals surface area contributed by atoms with E-state index in [9.17, 15) is 18.0 Å². The predicted octanol–water partition coefficient (Wildman–Crippen LogP) is 3.20. The Labute approximate surface area is 108 Å². The zero-order valence-electron chi connectivity index (χ0n) is 10.3. The average Bonchev–Trinajstić information content (AvgIpc) is 2.35. The molecule has 3 nitrogen and oxygen atoms in total. The van der Waals surface area contributed by atoms with Crippen molar-refractivity contribution < 1.29 is 27.4 Å². The minimum Gasteiger partial charge on any atom is -0.488 e. The van der Waals surface area contributed by atoms with Gasteiger partial charge in [0.05, 0.1) is 17.7 Å². The van der Waals surface area contributed by atoms with Crippen molar-refractivity contribution in [1.82, 2.24) is 0 Å². The lowest BCUT2D eigenvalue weighted by atomic mass is 10.2. The van der Waals surface area contributed by atoms with Crippen molar-refractivity contribution in [2.24, 2.45) is 0 Å². The maximum absolute atomic E-state index is 12.7. The van der Waals surface area contributed by atoms with Gasteiger partial charge in [-0.25, -0.2) is 4.79 Å². The molecular formula is C13H13F3O3. The van der Waals surface area contributed by atoms with Crippen LogP contribution in [0.25, 0.3) is 0 Å². The molecule has 0 aliphatic rings. The van der Waals surface area contributed by atoms with E-state index < -0.39 is 17.7 Å². The van der Waals surface area contributed by atoms with E-state index in [2.05, 4.69) is 11.3 Å². The van der Waals surface area contributed by atoms with Crippen molar-refractivity contribution >= 4 is 5.97 Å². The van der Waals surface area contributed by atoms with Crippen molar-refractivity contribution in [2.75, 3.05) is 13.2 Å². The van der Waals surface area contributed by atoms with E-state index in [1.165, 1.54) is 18.2 Å². The summed E-state index contributed by atoms with van der Waals surface area (Å²) >= 11 is 0. The summed E-state index contributed by atoms with van der Waals surface area (Å²) in [5.74, 6) is -1.03. The van der Waals surface area contributed by atoms with Crippen molar-refractivity contribution in [3.8, 4) is 5.75 Å². The Morgan fingerprint density at radius 1 is 1.32 bits per heavy atom. The van der Waals surface area contributed by atoms with Gasteiger partial charge in [0.15, 0.2) is 0 Å². The second-order valence-corrected chi connectivity index (χ2v) is 3.61. The molecule has 0 atom stereocenters. The Morgan fingerprint density at radius 2 is 1.95 bits per heavy atom. The summed E-state index contributed by atoms with van der Waals surface area (Å²) in [6.07, 6.45) is -4.51. The highest BCUT2D eigenvalue weighted by atomic mass is 19.4. The van der Waals surface area contributed by atoms with Gasteiger partial charge < -0.3 is 9.47 Å². The molecule has 0 amide bonds. The van der Waals surface area contributed by atoms with E-state index >= 15 is 0 Å². The quantitative estimate of drug-likeness (QED) is 0.611. The van der Waals surface area contributed by atoms with Crippen LogP contribution in [0.5, 0.6) is 5.75 Å². The summed E-state index contributed by atoms with van der Waals surface area (Å²) in [6.45, 7) is 4.82. The van der Waals surface area contributed by atoms with Crippen LogP contribution in [0, 0.1) is 0 Å². The summed E-state index contributed by atoms with van der Waals surface area (Å²) in [5, 5.41) is 0. The second kappa shape index (κ2) is 6.26. The monoisotopic (exact) mass is 274 g/mol. The van der Waals surface area contributed by atoms with Gasteiger partial charge in [0.25, 0.3) is 0 Å². The molecule has 1 aromatic rings. The molecule has 0 fully saturated rings. The first-order valence-electron chi connectivity index (χ1n) is 5.50. The summed E-state index contributed by atoms with van der Waals surface area (Å²) in [7, 11) is 0. The molecular weight excluding hydrogens is 261 g/mol. The van der Waals surface area contributed by atoms with Crippen molar-refractivity contribution in [2.45, 2.75) is 13.1 Å². The Balaban J connectivity index is 2.74. The number of esters is 1. The van der Waals surface area contributed by atoms with E-state index in [1.807, 2.05) is 0 Å². The molecule has 0 radical (unpaired) electrons. The molecule has 19 heavy (non-hydrogen) atoms. The topological polar surface area (TPSA) is 35.5 Å². The number of alkyl halides is 3. The number of ether oxygens (including phenoxy) is 2. The van der Waals surface area contributed by atoms with E-state index in [4.69, 9.17) is 4.74 Å². The van der Waals surface area contributed by atoms with Crippen molar-refractivity contribution in [1.29, 1.82) is 0 Å². The number of benzene rings is 1. The van der Waals surface area contributed by atoms with Crippen molar-refractivity contribution in [3.05, 3.63) is 42.0 Å². The van der Waals surface area contributed by atoms with Crippen LogP contribution in [0.2, 0.25) is 0 Å². The standard InChI is InChI=1S/C13H13F3O3/c1-3-18-12(17)9(2)8-19-11-7-5-4-6-10(11)13(14,15)16/h4-7H,2-3,8H2,1H3. The largest absolute Gasteiger partial charge is 0.488 e. The van der Waals surface area contributed by atoms with Crippen LogP contribution >= 0.6 is 0 Å². The fourth-order valence-corrected chi connectivity index (χ4v) is 1.28. The smallest absolute Gasteiger partial charge is 0.419 e. The van der Waals surface area contributed by atoms with E-state index in [1.54, 1.807) is 6.92 Å². The lowest BCUT2D eigenvalue weighted by Crippen LogP contribution is -2.15. The van der Waals surface area contributed by atoms with Gasteiger partial charge in [0, 0.05) is 0 Å². The zero-order valence-corrected chi connectivity index (χ0v) is 10.3. The molecule has 0 aromatic heterocycles. The number of halogens is 3. The maximum atomic E-state index is 12.7. The zero-order chi connectivity index (χ0) is 14.5. The number of hydrogen-bond donors (Lipinski definition) is 0. The summed E-state index contributed by atoms with van der Waals surface area (Å²) in [5.41, 5.74) is -0.939. The van der Waals surface area contributed by atoms with E-state index in [0.29, 0.717) is 0 Å². The van der Waals surface area contributed by atoms with E-state index in [0.717, 1.165) is 6.07 Å². The van der Waals surface area contributed by atoms with Crippen LogP contribution in [0.4, 0.5) is 13.2 Å². The van der Waals surface area contributed by atoms with Crippen LogP contribution in [-0.2, 0) is 15.7 Å². The molecule has 0 bridgehead atoms. The second-order valence-electron chi connectivity index (χ2n) is 3.61. The van der Waals surface area contributed by atoms with Crippen LogP contribution in [-0.4, -0.2) is 19.2 Å². The highest BCUT2D eigenvalue weighted by Gasteiger charge is 2.34. The Hall–Kier alpha value is -1.98. The third-order valence-corrected chi connectivity index (χ3v) is 2.16. The summed E-state index contributed by atoms with van der Waals surface area (Å²) in [6, 6.07) is 4.76. The SMILES string of the molecule is C=C(COc1ccccc1C(F)(F)F)C(=O)OCC. The summed E-state index contributed by atoms with van der Waals surface area (Å²) < 4.78 is 47.6. The highest BCUT2D eigenvalue weighted by Crippen LogP contribution is 2.35. The van der Waals surface area contributed by atoms with Gasteiger partial charge in [0.2, 0.25) is 0 Å². The molecule has 0 N–H and O–H groups in total. The fourth-order valence-electron chi connectivity index (χ4n) is 1.28. The van der Waals surface area contributed by atoms with Crippen LogP contribution < -0.4 is 4.74 Å². The first kappa shape index (κ1) is 15.1. The van der Waals surface area contributed by atoms with Crippen LogP contribution in [0.1, 0.15) is 12.5 Å². The van der Waals surface area contributed by atoms with Crippen LogP contribution in [0.15, 0.2) is 36.4 Å². The van der Waals surface area contributed by atoms with Gasteiger partial charge >= 0.3 is 12.1 Å². The van der Waals surface area contributed by atoms with Gasteiger partial charge in [-0.15, -0.1) is 0 Å². The normalized spacial score (nSPS) is 10.9. The maximum Gasteiger partial charge on any atom is 0.419 e. The van der Waals surface area contributed by atoms with Crippen molar-refractivity contribution in [3.63, 3.8) is 0 Å².